The first-order valence-corrected chi connectivity index (χ1v) is 7.22. The highest BCUT2D eigenvalue weighted by Gasteiger charge is 2.34. The van der Waals surface area contributed by atoms with Gasteiger partial charge >= 0.3 is 0 Å². The van der Waals surface area contributed by atoms with Gasteiger partial charge in [-0.1, -0.05) is 12.1 Å². The second-order valence-corrected chi connectivity index (χ2v) is 5.54. The van der Waals surface area contributed by atoms with Gasteiger partial charge in [0.15, 0.2) is 5.43 Å². The maximum atomic E-state index is 13.5. The number of carbonyl (C=O) groups is 1. The predicted molar refractivity (Wildman–Crippen MR) is 80.3 cm³/mol. The fraction of sp³-hybridized carbons (Fsp3) is 0.375. The number of carbonyl (C=O) groups excluding carboxylic acids is 1. The van der Waals surface area contributed by atoms with Crippen LogP contribution in [0.25, 0.3) is 10.9 Å². The lowest BCUT2D eigenvalue weighted by atomic mass is 10.2. The summed E-state index contributed by atoms with van der Waals surface area (Å²) in [6, 6.07) is 8.01. The minimum atomic E-state index is -1.09. The second-order valence-electron chi connectivity index (χ2n) is 5.54. The number of halogens is 1. The summed E-state index contributed by atoms with van der Waals surface area (Å²) in [5.74, 6) is -0.256. The van der Waals surface area contributed by atoms with Crippen LogP contribution in [0.3, 0.4) is 0 Å². The maximum absolute atomic E-state index is 13.5. The van der Waals surface area contributed by atoms with Crippen LogP contribution in [-0.4, -0.2) is 45.8 Å². The Morgan fingerprint density at radius 2 is 2.09 bits per heavy atom. The summed E-state index contributed by atoms with van der Waals surface area (Å²) in [5.41, 5.74) is 0.567. The van der Waals surface area contributed by atoms with E-state index in [4.69, 9.17) is 0 Å². The second kappa shape index (κ2) is 5.88. The zero-order valence-electron chi connectivity index (χ0n) is 12.0. The summed E-state index contributed by atoms with van der Waals surface area (Å²) in [5, 5.41) is 9.81. The Hall–Kier alpha value is -2.21. The first-order chi connectivity index (χ1) is 10.6. The Bertz CT molecular complexity index is 758. The minimum Gasteiger partial charge on any atom is -0.394 e. The molecule has 22 heavy (non-hydrogen) atoms. The van der Waals surface area contributed by atoms with E-state index in [1.807, 2.05) is 0 Å². The van der Waals surface area contributed by atoms with Crippen molar-refractivity contribution in [1.29, 1.82) is 0 Å². The Labute approximate surface area is 126 Å². The van der Waals surface area contributed by atoms with Crippen LogP contribution in [0.1, 0.15) is 6.42 Å². The summed E-state index contributed by atoms with van der Waals surface area (Å²) in [6.07, 6.45) is 0.652. The molecule has 0 spiro atoms. The lowest BCUT2D eigenvalue weighted by molar-refractivity contribution is -0.133. The summed E-state index contributed by atoms with van der Waals surface area (Å²) in [7, 11) is 0. The number of para-hydroxylation sites is 1. The molecule has 0 saturated carbocycles. The standard InChI is InChI=1S/C16H17FN2O3/c17-11-7-12(10-20)19(8-11)16(22)9-18-6-5-15(21)13-3-1-2-4-14(13)18/h1-6,11-12,20H,7-10H2/t11-,12-/m0/s1. The summed E-state index contributed by atoms with van der Waals surface area (Å²) < 4.78 is 15.1. The molecular formula is C16H17FN2O3. The summed E-state index contributed by atoms with van der Waals surface area (Å²) >= 11 is 0. The van der Waals surface area contributed by atoms with E-state index in [1.54, 1.807) is 35.0 Å². The van der Waals surface area contributed by atoms with Crippen molar-refractivity contribution in [3.63, 3.8) is 0 Å². The molecule has 0 radical (unpaired) electrons. The molecule has 0 unspecified atom stereocenters. The molecule has 2 atom stereocenters. The Kier molecular flexibility index (Phi) is 3.94. The molecule has 1 saturated heterocycles. The minimum absolute atomic E-state index is 0.0161. The van der Waals surface area contributed by atoms with Crippen LogP contribution in [0.2, 0.25) is 0 Å². The molecule has 1 aliphatic rings. The molecule has 116 valence electrons. The quantitative estimate of drug-likeness (QED) is 0.917. The van der Waals surface area contributed by atoms with Crippen LogP contribution in [0.4, 0.5) is 4.39 Å². The van der Waals surface area contributed by atoms with E-state index in [-0.39, 0.29) is 37.5 Å². The monoisotopic (exact) mass is 304 g/mol. The average Bonchev–Trinajstić information content (AvgIpc) is 2.91. The van der Waals surface area contributed by atoms with Crippen molar-refractivity contribution >= 4 is 16.8 Å². The molecule has 1 amide bonds. The Morgan fingerprint density at radius 3 is 2.86 bits per heavy atom. The van der Waals surface area contributed by atoms with E-state index < -0.39 is 12.2 Å². The van der Waals surface area contributed by atoms with Gasteiger partial charge in [0.05, 0.1) is 24.7 Å². The number of aromatic nitrogens is 1. The van der Waals surface area contributed by atoms with Gasteiger partial charge < -0.3 is 14.6 Å². The molecule has 2 aromatic rings. The smallest absolute Gasteiger partial charge is 0.242 e. The first-order valence-electron chi connectivity index (χ1n) is 7.22. The molecule has 1 N–H and O–H groups in total. The van der Waals surface area contributed by atoms with Crippen LogP contribution in [-0.2, 0) is 11.3 Å². The normalized spacial score (nSPS) is 21.5. The third kappa shape index (κ3) is 2.62. The maximum Gasteiger partial charge on any atom is 0.242 e. The van der Waals surface area contributed by atoms with E-state index in [9.17, 15) is 19.1 Å². The lowest BCUT2D eigenvalue weighted by Gasteiger charge is -2.23. The molecule has 3 rings (SSSR count). The predicted octanol–water partition coefficient (Wildman–Crippen LogP) is 0.933. The number of aliphatic hydroxyl groups excluding tert-OH is 1. The Morgan fingerprint density at radius 1 is 1.32 bits per heavy atom. The van der Waals surface area contributed by atoms with Crippen molar-refractivity contribution in [1.82, 2.24) is 9.47 Å². The molecule has 6 heteroatoms. The van der Waals surface area contributed by atoms with Gasteiger partial charge in [-0.3, -0.25) is 9.59 Å². The number of pyridine rings is 1. The Balaban J connectivity index is 1.89. The van der Waals surface area contributed by atoms with E-state index in [1.165, 1.54) is 11.0 Å². The molecule has 0 bridgehead atoms. The summed E-state index contributed by atoms with van der Waals surface area (Å²) in [4.78, 5) is 25.6. The number of nitrogens with zero attached hydrogens (tertiary/aromatic N) is 2. The number of benzene rings is 1. The van der Waals surface area contributed by atoms with Gasteiger partial charge in [-0.15, -0.1) is 0 Å². The molecule has 1 aromatic carbocycles. The van der Waals surface area contributed by atoms with E-state index >= 15 is 0 Å². The molecule has 2 heterocycles. The zero-order chi connectivity index (χ0) is 15.7. The van der Waals surface area contributed by atoms with Crippen molar-refractivity contribution < 1.29 is 14.3 Å². The highest BCUT2D eigenvalue weighted by Crippen LogP contribution is 2.21. The van der Waals surface area contributed by atoms with Crippen molar-refractivity contribution in [2.75, 3.05) is 13.2 Å². The summed E-state index contributed by atoms with van der Waals surface area (Å²) in [6.45, 7) is -0.205. The van der Waals surface area contributed by atoms with Crippen LogP contribution >= 0.6 is 0 Å². The third-order valence-electron chi connectivity index (χ3n) is 4.08. The zero-order valence-corrected chi connectivity index (χ0v) is 12.0. The van der Waals surface area contributed by atoms with Crippen LogP contribution in [0.15, 0.2) is 41.3 Å². The highest BCUT2D eigenvalue weighted by atomic mass is 19.1. The number of hydrogen-bond donors (Lipinski definition) is 1. The van der Waals surface area contributed by atoms with Gasteiger partial charge in [0, 0.05) is 24.1 Å². The average molecular weight is 304 g/mol. The first kappa shape index (κ1) is 14.7. The van der Waals surface area contributed by atoms with Crippen molar-refractivity contribution in [3.05, 3.63) is 46.8 Å². The third-order valence-corrected chi connectivity index (χ3v) is 4.08. The van der Waals surface area contributed by atoms with Gasteiger partial charge in [0.1, 0.15) is 12.7 Å². The van der Waals surface area contributed by atoms with Gasteiger partial charge in [0.2, 0.25) is 5.91 Å². The highest BCUT2D eigenvalue weighted by molar-refractivity contribution is 5.82. The molecule has 1 fully saturated rings. The van der Waals surface area contributed by atoms with Crippen LogP contribution in [0, 0.1) is 0 Å². The van der Waals surface area contributed by atoms with Crippen molar-refractivity contribution in [2.45, 2.75) is 25.2 Å². The molecule has 5 nitrogen and oxygen atoms in total. The van der Waals surface area contributed by atoms with Crippen molar-refractivity contribution in [3.8, 4) is 0 Å². The molecule has 0 aliphatic carbocycles. The molecular weight excluding hydrogens is 287 g/mol. The number of fused-ring (bicyclic) bond motifs is 1. The van der Waals surface area contributed by atoms with E-state index in [0.717, 1.165) is 0 Å². The van der Waals surface area contributed by atoms with E-state index in [0.29, 0.717) is 10.9 Å². The van der Waals surface area contributed by atoms with Gasteiger partial charge in [-0.25, -0.2) is 4.39 Å². The SMILES string of the molecule is O=C(Cn1ccc(=O)c2ccccc21)N1C[C@@H](F)C[C@H]1CO. The number of alkyl halides is 1. The fourth-order valence-corrected chi connectivity index (χ4v) is 2.97. The lowest BCUT2D eigenvalue weighted by Crippen LogP contribution is -2.40. The number of aliphatic hydroxyl groups is 1. The number of likely N-dealkylation sites (tertiary alicyclic amines) is 1. The number of amides is 1. The van der Waals surface area contributed by atoms with Gasteiger partial charge in [-0.05, 0) is 12.1 Å². The van der Waals surface area contributed by atoms with E-state index in [2.05, 4.69) is 0 Å². The van der Waals surface area contributed by atoms with Crippen LogP contribution in [0.5, 0.6) is 0 Å². The topological polar surface area (TPSA) is 62.5 Å². The van der Waals surface area contributed by atoms with Crippen molar-refractivity contribution in [2.24, 2.45) is 0 Å². The number of rotatable bonds is 3. The molecule has 1 aliphatic heterocycles. The number of hydrogen-bond acceptors (Lipinski definition) is 3. The fourth-order valence-electron chi connectivity index (χ4n) is 2.97. The van der Waals surface area contributed by atoms with Gasteiger partial charge in [-0.2, -0.15) is 0 Å². The molecule has 1 aromatic heterocycles. The largest absolute Gasteiger partial charge is 0.394 e. The van der Waals surface area contributed by atoms with Gasteiger partial charge in [0.25, 0.3) is 0 Å². The van der Waals surface area contributed by atoms with Crippen LogP contribution < -0.4 is 5.43 Å².